The number of carbonyl (C=O) groups is 1. The quantitative estimate of drug-likeness (QED) is 0.667. The molecular formula is C19H26N4O4. The first kappa shape index (κ1) is 19.3. The molecule has 2 aromatic rings. The largest absolute Gasteiger partial charge is 0.497 e. The number of methoxy groups -OCH3 is 1. The number of aromatic nitrogens is 2. The lowest BCUT2D eigenvalue weighted by Crippen LogP contribution is -2.46. The third-order valence-electron chi connectivity index (χ3n) is 4.76. The van der Waals surface area contributed by atoms with E-state index in [1.54, 1.807) is 7.11 Å². The lowest BCUT2D eigenvalue weighted by atomic mass is 10.2. The monoisotopic (exact) mass is 374 g/mol. The molecule has 0 radical (unpaired) electrons. The van der Waals surface area contributed by atoms with Crippen molar-refractivity contribution < 1.29 is 19.2 Å². The molecule has 1 aromatic heterocycles. The molecule has 0 saturated carbocycles. The van der Waals surface area contributed by atoms with Gasteiger partial charge in [0.15, 0.2) is 0 Å². The molecule has 1 aliphatic heterocycles. The minimum absolute atomic E-state index is 0.258. The summed E-state index contributed by atoms with van der Waals surface area (Å²) in [4.78, 5) is 19.7. The number of hydrogen-bond acceptors (Lipinski definition) is 7. The van der Waals surface area contributed by atoms with E-state index >= 15 is 0 Å². The first-order valence-corrected chi connectivity index (χ1v) is 9.27. The van der Waals surface area contributed by atoms with Gasteiger partial charge < -0.3 is 19.3 Å². The molecule has 0 aliphatic carbocycles. The van der Waals surface area contributed by atoms with E-state index < -0.39 is 5.97 Å². The highest BCUT2D eigenvalue weighted by Gasteiger charge is 2.19. The van der Waals surface area contributed by atoms with E-state index in [1.807, 2.05) is 24.3 Å². The molecule has 2 heterocycles. The van der Waals surface area contributed by atoms with Crippen molar-refractivity contribution in [1.29, 1.82) is 0 Å². The van der Waals surface area contributed by atoms with Gasteiger partial charge in [-0.25, -0.2) is 0 Å². The van der Waals surface area contributed by atoms with Crippen LogP contribution in [0.5, 0.6) is 5.75 Å². The fourth-order valence-electron chi connectivity index (χ4n) is 3.15. The van der Waals surface area contributed by atoms with Gasteiger partial charge in [-0.05, 0) is 43.7 Å². The summed E-state index contributed by atoms with van der Waals surface area (Å²) in [6, 6.07) is 7.58. The van der Waals surface area contributed by atoms with Gasteiger partial charge in [0.2, 0.25) is 11.7 Å². The van der Waals surface area contributed by atoms with Crippen LogP contribution in [0.15, 0.2) is 28.8 Å². The molecular weight excluding hydrogens is 348 g/mol. The molecule has 8 nitrogen and oxygen atoms in total. The number of nitrogens with zero attached hydrogens (tertiary/aromatic N) is 4. The van der Waals surface area contributed by atoms with Crippen molar-refractivity contribution >= 4 is 5.97 Å². The maximum absolute atomic E-state index is 10.5. The van der Waals surface area contributed by atoms with Gasteiger partial charge in [0.1, 0.15) is 5.75 Å². The van der Waals surface area contributed by atoms with Gasteiger partial charge in [0.25, 0.3) is 0 Å². The van der Waals surface area contributed by atoms with Gasteiger partial charge >= 0.3 is 5.97 Å². The molecule has 0 atom stereocenters. The zero-order valence-corrected chi connectivity index (χ0v) is 15.6. The summed E-state index contributed by atoms with van der Waals surface area (Å²) in [5, 5.41) is 12.8. The molecule has 8 heteroatoms. The molecule has 1 saturated heterocycles. The number of rotatable bonds is 9. The molecule has 3 rings (SSSR count). The topological polar surface area (TPSA) is 91.9 Å². The van der Waals surface area contributed by atoms with E-state index in [0.29, 0.717) is 18.3 Å². The van der Waals surface area contributed by atoms with Crippen LogP contribution < -0.4 is 4.74 Å². The van der Waals surface area contributed by atoms with Crippen molar-refractivity contribution in [3.05, 3.63) is 30.2 Å². The predicted molar refractivity (Wildman–Crippen MR) is 99.5 cm³/mol. The standard InChI is InChI=1S/C19H26N4O4/c1-26-16-7-5-15(6-8-16)19-20-17(27-21-19)14-23-12-10-22(11-13-23)9-3-2-4-18(24)25/h5-8H,2-4,9-14H2,1H3,(H,24,25). The Bertz CT molecular complexity index is 724. The van der Waals surface area contributed by atoms with Crippen molar-refractivity contribution in [1.82, 2.24) is 19.9 Å². The molecule has 0 amide bonds. The van der Waals surface area contributed by atoms with Crippen LogP contribution in [0.25, 0.3) is 11.4 Å². The molecule has 1 fully saturated rings. The van der Waals surface area contributed by atoms with Crippen LogP contribution in [0.1, 0.15) is 25.2 Å². The van der Waals surface area contributed by atoms with Crippen molar-refractivity contribution in [2.24, 2.45) is 0 Å². The van der Waals surface area contributed by atoms with Gasteiger partial charge in [0, 0.05) is 38.2 Å². The summed E-state index contributed by atoms with van der Waals surface area (Å²) in [5.41, 5.74) is 0.900. The van der Waals surface area contributed by atoms with Gasteiger partial charge in [-0.15, -0.1) is 0 Å². The second-order valence-corrected chi connectivity index (χ2v) is 6.71. The van der Waals surface area contributed by atoms with Crippen molar-refractivity contribution in [3.8, 4) is 17.1 Å². The fourth-order valence-corrected chi connectivity index (χ4v) is 3.15. The van der Waals surface area contributed by atoms with Crippen LogP contribution in [-0.2, 0) is 11.3 Å². The maximum atomic E-state index is 10.5. The van der Waals surface area contributed by atoms with E-state index in [2.05, 4.69) is 19.9 Å². The Kier molecular flexibility index (Phi) is 6.78. The molecule has 27 heavy (non-hydrogen) atoms. The Labute approximate surface area is 158 Å². The van der Waals surface area contributed by atoms with Crippen LogP contribution in [0.2, 0.25) is 0 Å². The van der Waals surface area contributed by atoms with E-state index in [0.717, 1.165) is 56.9 Å². The number of piperazine rings is 1. The highest BCUT2D eigenvalue weighted by molar-refractivity contribution is 5.66. The summed E-state index contributed by atoms with van der Waals surface area (Å²) in [7, 11) is 1.64. The smallest absolute Gasteiger partial charge is 0.303 e. The second-order valence-electron chi connectivity index (χ2n) is 6.71. The van der Waals surface area contributed by atoms with Crippen molar-refractivity contribution in [2.45, 2.75) is 25.8 Å². The van der Waals surface area contributed by atoms with Crippen LogP contribution in [0, 0.1) is 0 Å². The molecule has 1 N–H and O–H groups in total. The number of carboxylic acid groups (broad SMARTS) is 1. The molecule has 0 unspecified atom stereocenters. The summed E-state index contributed by atoms with van der Waals surface area (Å²) in [6.45, 7) is 5.46. The number of aliphatic carboxylic acids is 1. The van der Waals surface area contributed by atoms with Gasteiger partial charge in [0.05, 0.1) is 13.7 Å². The van der Waals surface area contributed by atoms with Crippen molar-refractivity contribution in [2.75, 3.05) is 39.8 Å². The van der Waals surface area contributed by atoms with Crippen molar-refractivity contribution in [3.63, 3.8) is 0 Å². The van der Waals surface area contributed by atoms with E-state index in [1.165, 1.54) is 0 Å². The average molecular weight is 374 g/mol. The molecule has 146 valence electrons. The number of unbranched alkanes of at least 4 members (excludes halogenated alkanes) is 1. The Morgan fingerprint density at radius 1 is 1.15 bits per heavy atom. The zero-order valence-electron chi connectivity index (χ0n) is 15.6. The lowest BCUT2D eigenvalue weighted by molar-refractivity contribution is -0.137. The maximum Gasteiger partial charge on any atom is 0.303 e. The fraction of sp³-hybridized carbons (Fsp3) is 0.526. The average Bonchev–Trinajstić information content (AvgIpc) is 3.15. The first-order chi connectivity index (χ1) is 13.1. The van der Waals surface area contributed by atoms with Crippen LogP contribution in [0.4, 0.5) is 0 Å². The lowest BCUT2D eigenvalue weighted by Gasteiger charge is -2.33. The van der Waals surface area contributed by atoms with E-state index in [9.17, 15) is 4.79 Å². The molecule has 1 aliphatic rings. The Morgan fingerprint density at radius 3 is 2.52 bits per heavy atom. The van der Waals surface area contributed by atoms with Crippen LogP contribution >= 0.6 is 0 Å². The minimum Gasteiger partial charge on any atom is -0.497 e. The Hall–Kier alpha value is -2.45. The normalized spacial score (nSPS) is 15.7. The predicted octanol–water partition coefficient (Wildman–Crippen LogP) is 2.12. The Balaban J connectivity index is 1.43. The number of ether oxygens (including phenoxy) is 1. The minimum atomic E-state index is -0.714. The highest BCUT2D eigenvalue weighted by atomic mass is 16.5. The molecule has 0 bridgehead atoms. The summed E-state index contributed by atoms with van der Waals surface area (Å²) in [6.07, 6.45) is 1.93. The second kappa shape index (κ2) is 9.48. The first-order valence-electron chi connectivity index (χ1n) is 9.27. The number of carboxylic acids is 1. The van der Waals surface area contributed by atoms with E-state index in [-0.39, 0.29) is 6.42 Å². The third-order valence-corrected chi connectivity index (χ3v) is 4.76. The Morgan fingerprint density at radius 2 is 1.85 bits per heavy atom. The number of hydrogen-bond donors (Lipinski definition) is 1. The van der Waals surface area contributed by atoms with Gasteiger partial charge in [-0.2, -0.15) is 4.98 Å². The SMILES string of the molecule is COc1ccc(-c2noc(CN3CCN(CCCCC(=O)O)CC3)n2)cc1. The third kappa shape index (κ3) is 5.77. The summed E-state index contributed by atoms with van der Waals surface area (Å²) >= 11 is 0. The number of benzene rings is 1. The summed E-state index contributed by atoms with van der Waals surface area (Å²) < 4.78 is 10.6. The highest BCUT2D eigenvalue weighted by Crippen LogP contribution is 2.20. The summed E-state index contributed by atoms with van der Waals surface area (Å²) in [5.74, 6) is 1.29. The van der Waals surface area contributed by atoms with Crippen LogP contribution in [-0.4, -0.2) is 70.8 Å². The van der Waals surface area contributed by atoms with Crippen LogP contribution in [0.3, 0.4) is 0 Å². The van der Waals surface area contributed by atoms with E-state index in [4.69, 9.17) is 14.4 Å². The molecule has 0 spiro atoms. The zero-order chi connectivity index (χ0) is 19.1. The van der Waals surface area contributed by atoms with Gasteiger partial charge in [-0.1, -0.05) is 5.16 Å². The molecule has 1 aromatic carbocycles. The van der Waals surface area contributed by atoms with Gasteiger partial charge in [-0.3, -0.25) is 9.69 Å².